The molecule has 0 aliphatic heterocycles. The molecule has 70 valence electrons. The first-order valence-corrected chi connectivity index (χ1v) is 5.30. The molecule has 0 aliphatic rings. The third kappa shape index (κ3) is 2.87. The van der Waals surface area contributed by atoms with Gasteiger partial charge in [-0.15, -0.1) is 17.3 Å². The highest BCUT2D eigenvalue weighted by Crippen LogP contribution is 2.22. The molecule has 13 heavy (non-hydrogen) atoms. The van der Waals surface area contributed by atoms with Crippen LogP contribution in [0.5, 0.6) is 0 Å². The maximum absolute atomic E-state index is 3.36. The van der Waals surface area contributed by atoms with Crippen LogP contribution in [0.4, 0.5) is 0 Å². The fourth-order valence-electron chi connectivity index (χ4n) is 1.21. The molecule has 0 spiro atoms. The molecule has 1 N–H and O–H groups in total. The van der Waals surface area contributed by atoms with Gasteiger partial charge in [-0.05, 0) is 37.8 Å². The smallest absolute Gasteiger partial charge is 0.0581 e. The number of aryl methyl sites for hydroxylation is 1. The van der Waals surface area contributed by atoms with Crippen molar-refractivity contribution >= 4 is 11.3 Å². The Morgan fingerprint density at radius 3 is 2.92 bits per heavy atom. The number of thiophene rings is 1. The lowest BCUT2D eigenvalue weighted by molar-refractivity contribution is 0.630. The van der Waals surface area contributed by atoms with Crippen LogP contribution >= 0.6 is 11.3 Å². The van der Waals surface area contributed by atoms with Crippen LogP contribution in [0.15, 0.2) is 11.4 Å². The average molecular weight is 193 g/mol. The van der Waals surface area contributed by atoms with Crippen molar-refractivity contribution in [3.8, 4) is 11.8 Å². The largest absolute Gasteiger partial charge is 0.299 e. The molecule has 1 aromatic rings. The van der Waals surface area contributed by atoms with E-state index in [9.17, 15) is 0 Å². The van der Waals surface area contributed by atoms with E-state index in [-0.39, 0.29) is 0 Å². The predicted molar refractivity (Wildman–Crippen MR) is 58.9 cm³/mol. The van der Waals surface area contributed by atoms with Gasteiger partial charge >= 0.3 is 0 Å². The van der Waals surface area contributed by atoms with E-state index in [0.29, 0.717) is 6.04 Å². The number of rotatable bonds is 3. The summed E-state index contributed by atoms with van der Waals surface area (Å²) in [6, 6.07) is 2.57. The van der Waals surface area contributed by atoms with Crippen molar-refractivity contribution in [2.45, 2.75) is 26.8 Å². The molecule has 0 saturated heterocycles. The van der Waals surface area contributed by atoms with E-state index in [1.807, 2.05) is 6.92 Å². The first kappa shape index (κ1) is 10.3. The summed E-state index contributed by atoms with van der Waals surface area (Å²) in [5, 5.41) is 5.50. The molecular formula is C11H15NS. The Morgan fingerprint density at radius 1 is 1.62 bits per heavy atom. The lowest BCUT2D eigenvalue weighted by atomic mass is 10.2. The second-order valence-electron chi connectivity index (χ2n) is 3.00. The first-order valence-electron chi connectivity index (χ1n) is 4.42. The molecule has 1 nitrogen and oxygen atoms in total. The normalized spacial score (nSPS) is 11.9. The first-order chi connectivity index (χ1) is 6.25. The van der Waals surface area contributed by atoms with Crippen LogP contribution in [0.2, 0.25) is 0 Å². The summed E-state index contributed by atoms with van der Waals surface area (Å²) in [7, 11) is 0. The van der Waals surface area contributed by atoms with Gasteiger partial charge in [-0.2, -0.15) is 0 Å². The van der Waals surface area contributed by atoms with Crippen LogP contribution in [0, 0.1) is 18.8 Å². The SMILES string of the molecule is CC#CCNC(C)c1sccc1C. The van der Waals surface area contributed by atoms with Crippen molar-refractivity contribution < 1.29 is 0 Å². The summed E-state index contributed by atoms with van der Waals surface area (Å²) in [4.78, 5) is 1.41. The summed E-state index contributed by atoms with van der Waals surface area (Å²) in [6.45, 7) is 6.96. The van der Waals surface area contributed by atoms with Crippen molar-refractivity contribution in [1.29, 1.82) is 0 Å². The Hall–Kier alpha value is -0.780. The molecular weight excluding hydrogens is 178 g/mol. The second-order valence-corrected chi connectivity index (χ2v) is 3.94. The molecule has 1 aromatic heterocycles. The van der Waals surface area contributed by atoms with Gasteiger partial charge in [0.25, 0.3) is 0 Å². The standard InChI is InChI=1S/C11H15NS/c1-4-5-7-12-10(3)11-9(2)6-8-13-11/h6,8,10,12H,7H2,1-3H3. The van der Waals surface area contributed by atoms with Crippen LogP contribution in [-0.2, 0) is 0 Å². The molecule has 0 bridgehead atoms. The van der Waals surface area contributed by atoms with Crippen LogP contribution in [-0.4, -0.2) is 6.54 Å². The van der Waals surface area contributed by atoms with Gasteiger partial charge in [0.1, 0.15) is 0 Å². The minimum absolute atomic E-state index is 0.417. The highest BCUT2D eigenvalue weighted by atomic mass is 32.1. The zero-order chi connectivity index (χ0) is 9.68. The van der Waals surface area contributed by atoms with Gasteiger partial charge in [-0.1, -0.05) is 5.92 Å². The minimum Gasteiger partial charge on any atom is -0.299 e. The van der Waals surface area contributed by atoms with E-state index in [1.54, 1.807) is 11.3 Å². The Balaban J connectivity index is 2.52. The fourth-order valence-corrected chi connectivity index (χ4v) is 2.17. The molecule has 1 atom stereocenters. The summed E-state index contributed by atoms with van der Waals surface area (Å²) >= 11 is 1.80. The van der Waals surface area contributed by atoms with Crippen LogP contribution < -0.4 is 5.32 Å². The summed E-state index contributed by atoms with van der Waals surface area (Å²) in [5.41, 5.74) is 1.37. The zero-order valence-electron chi connectivity index (χ0n) is 8.35. The van der Waals surface area contributed by atoms with E-state index in [1.165, 1.54) is 10.4 Å². The van der Waals surface area contributed by atoms with Crippen molar-refractivity contribution in [3.05, 3.63) is 21.9 Å². The number of hydrogen-bond donors (Lipinski definition) is 1. The Kier molecular flexibility index (Phi) is 4.01. The molecule has 0 fully saturated rings. The monoisotopic (exact) mass is 193 g/mol. The lowest BCUT2D eigenvalue weighted by Crippen LogP contribution is -2.18. The molecule has 1 rings (SSSR count). The van der Waals surface area contributed by atoms with E-state index in [2.05, 4.69) is 42.5 Å². The molecule has 0 amide bonds. The zero-order valence-corrected chi connectivity index (χ0v) is 9.16. The predicted octanol–water partition coefficient (Wildman–Crippen LogP) is 2.73. The van der Waals surface area contributed by atoms with Crippen LogP contribution in [0.1, 0.15) is 30.3 Å². The minimum atomic E-state index is 0.417. The van der Waals surface area contributed by atoms with Gasteiger partial charge in [0.15, 0.2) is 0 Å². The van der Waals surface area contributed by atoms with E-state index in [4.69, 9.17) is 0 Å². The maximum atomic E-state index is 3.36. The van der Waals surface area contributed by atoms with Gasteiger partial charge in [0.2, 0.25) is 0 Å². The van der Waals surface area contributed by atoms with E-state index < -0.39 is 0 Å². The Labute approximate surface area is 84.2 Å². The van der Waals surface area contributed by atoms with Crippen molar-refractivity contribution in [2.75, 3.05) is 6.54 Å². The third-order valence-electron chi connectivity index (χ3n) is 1.97. The van der Waals surface area contributed by atoms with Crippen LogP contribution in [0.3, 0.4) is 0 Å². The molecule has 1 unspecified atom stereocenters. The van der Waals surface area contributed by atoms with E-state index in [0.717, 1.165) is 6.54 Å². The van der Waals surface area contributed by atoms with Crippen molar-refractivity contribution in [3.63, 3.8) is 0 Å². The molecule has 0 aliphatic carbocycles. The molecule has 2 heteroatoms. The van der Waals surface area contributed by atoms with Gasteiger partial charge < -0.3 is 0 Å². The van der Waals surface area contributed by atoms with Gasteiger partial charge in [0.05, 0.1) is 6.54 Å². The van der Waals surface area contributed by atoms with Crippen LogP contribution in [0.25, 0.3) is 0 Å². The van der Waals surface area contributed by atoms with Crippen molar-refractivity contribution in [1.82, 2.24) is 5.32 Å². The molecule has 0 radical (unpaired) electrons. The topological polar surface area (TPSA) is 12.0 Å². The Bertz CT molecular complexity index is 316. The Morgan fingerprint density at radius 2 is 2.38 bits per heavy atom. The highest BCUT2D eigenvalue weighted by molar-refractivity contribution is 7.10. The maximum Gasteiger partial charge on any atom is 0.0581 e. The van der Waals surface area contributed by atoms with Crippen molar-refractivity contribution in [2.24, 2.45) is 0 Å². The second kappa shape index (κ2) is 5.06. The third-order valence-corrected chi connectivity index (χ3v) is 3.17. The molecule has 1 heterocycles. The lowest BCUT2D eigenvalue weighted by Gasteiger charge is -2.10. The fraction of sp³-hybridized carbons (Fsp3) is 0.455. The average Bonchev–Trinajstić information content (AvgIpc) is 2.52. The van der Waals surface area contributed by atoms with Gasteiger partial charge in [0, 0.05) is 10.9 Å². The summed E-state index contributed by atoms with van der Waals surface area (Å²) in [6.07, 6.45) is 0. The van der Waals surface area contributed by atoms with Gasteiger partial charge in [-0.3, -0.25) is 5.32 Å². The summed E-state index contributed by atoms with van der Waals surface area (Å²) < 4.78 is 0. The van der Waals surface area contributed by atoms with Gasteiger partial charge in [-0.25, -0.2) is 0 Å². The number of nitrogens with one attached hydrogen (secondary N) is 1. The quantitative estimate of drug-likeness (QED) is 0.728. The summed E-state index contributed by atoms with van der Waals surface area (Å²) in [5.74, 6) is 5.88. The molecule has 0 aromatic carbocycles. The number of hydrogen-bond acceptors (Lipinski definition) is 2. The molecule has 0 saturated carbocycles. The van der Waals surface area contributed by atoms with E-state index >= 15 is 0 Å². The highest BCUT2D eigenvalue weighted by Gasteiger charge is 2.07.